The molecular weight excluding hydrogens is 414 g/mol. The van der Waals surface area contributed by atoms with E-state index in [2.05, 4.69) is 20.8 Å². The third-order valence-corrected chi connectivity index (χ3v) is 4.89. The van der Waals surface area contributed by atoms with Crippen LogP contribution in [0.4, 0.5) is 11.4 Å². The largest absolute Gasteiger partial charge is 0.494 e. The number of nitrogens with one attached hydrogen (secondary N) is 3. The fourth-order valence-corrected chi connectivity index (χ4v) is 3.30. The highest BCUT2D eigenvalue weighted by Gasteiger charge is 2.12. The van der Waals surface area contributed by atoms with E-state index in [1.807, 2.05) is 44.2 Å². The topological polar surface area (TPSA) is 101 Å². The number of aromatic amines is 1. The Hall–Kier alpha value is -3.46. The van der Waals surface area contributed by atoms with E-state index in [-0.39, 0.29) is 18.2 Å². The molecule has 0 aliphatic carbocycles. The van der Waals surface area contributed by atoms with Crippen LogP contribution in [-0.4, -0.2) is 33.2 Å². The second kappa shape index (κ2) is 10.0. The quantitative estimate of drug-likeness (QED) is 0.454. The van der Waals surface area contributed by atoms with Gasteiger partial charge in [-0.05, 0) is 68.0 Å². The minimum absolute atomic E-state index is 0.163. The van der Waals surface area contributed by atoms with Gasteiger partial charge in [0.1, 0.15) is 5.75 Å². The first kappa shape index (κ1) is 22.2. The van der Waals surface area contributed by atoms with Gasteiger partial charge in [-0.1, -0.05) is 6.07 Å². The molecule has 3 rings (SSSR count). The van der Waals surface area contributed by atoms with Crippen molar-refractivity contribution in [1.29, 1.82) is 0 Å². The third kappa shape index (κ3) is 5.79. The molecule has 0 unspecified atom stereocenters. The summed E-state index contributed by atoms with van der Waals surface area (Å²) >= 11 is 5.35. The van der Waals surface area contributed by atoms with E-state index in [4.69, 9.17) is 17.0 Å². The van der Waals surface area contributed by atoms with Crippen LogP contribution in [0.5, 0.6) is 5.75 Å². The number of aryl methyl sites for hydroxylation is 1. The lowest BCUT2D eigenvalue weighted by Gasteiger charge is -2.12. The van der Waals surface area contributed by atoms with E-state index in [0.29, 0.717) is 35.1 Å². The minimum atomic E-state index is -0.169. The van der Waals surface area contributed by atoms with Gasteiger partial charge in [-0.2, -0.15) is 5.10 Å². The monoisotopic (exact) mass is 439 g/mol. The zero-order valence-electron chi connectivity index (χ0n) is 17.7. The number of aromatic nitrogens is 3. The minimum Gasteiger partial charge on any atom is -0.494 e. The van der Waals surface area contributed by atoms with Gasteiger partial charge >= 0.3 is 0 Å². The summed E-state index contributed by atoms with van der Waals surface area (Å²) in [5.41, 5.74) is 3.05. The molecule has 0 atom stereocenters. The van der Waals surface area contributed by atoms with Crippen molar-refractivity contribution in [3.05, 3.63) is 52.8 Å². The van der Waals surface area contributed by atoms with E-state index in [1.165, 1.54) is 6.92 Å². The summed E-state index contributed by atoms with van der Waals surface area (Å²) in [6.07, 6.45) is 0.210. The predicted molar refractivity (Wildman–Crippen MR) is 123 cm³/mol. The molecule has 2 aromatic carbocycles. The smallest absolute Gasteiger partial charge is 0.226 e. The van der Waals surface area contributed by atoms with E-state index < -0.39 is 0 Å². The molecule has 1 heterocycles. The zero-order valence-corrected chi connectivity index (χ0v) is 18.5. The number of carbonyl (C=O) groups excluding carboxylic acids is 2. The van der Waals surface area contributed by atoms with Crippen LogP contribution < -0.4 is 15.4 Å². The first-order chi connectivity index (χ1) is 14.9. The van der Waals surface area contributed by atoms with Crippen LogP contribution in [0, 0.1) is 11.7 Å². The zero-order chi connectivity index (χ0) is 22.4. The lowest BCUT2D eigenvalue weighted by atomic mass is 10.1. The Morgan fingerprint density at radius 1 is 1.16 bits per heavy atom. The summed E-state index contributed by atoms with van der Waals surface area (Å²) in [7, 11) is 0. The number of anilines is 2. The highest BCUT2D eigenvalue weighted by molar-refractivity contribution is 7.71. The van der Waals surface area contributed by atoms with E-state index in [0.717, 1.165) is 16.9 Å². The van der Waals surface area contributed by atoms with Crippen molar-refractivity contribution >= 4 is 35.4 Å². The van der Waals surface area contributed by atoms with Crippen molar-refractivity contribution in [3.63, 3.8) is 0 Å². The highest BCUT2D eigenvalue weighted by Crippen LogP contribution is 2.23. The number of carbonyl (C=O) groups is 2. The third-order valence-electron chi connectivity index (χ3n) is 4.58. The van der Waals surface area contributed by atoms with Gasteiger partial charge in [0.25, 0.3) is 0 Å². The summed E-state index contributed by atoms with van der Waals surface area (Å²) in [5, 5.41) is 12.7. The van der Waals surface area contributed by atoms with Crippen LogP contribution in [-0.2, 0) is 16.1 Å². The van der Waals surface area contributed by atoms with E-state index in [9.17, 15) is 9.59 Å². The Bertz CT molecular complexity index is 1130. The average Bonchev–Trinajstić information content (AvgIpc) is 3.10. The summed E-state index contributed by atoms with van der Waals surface area (Å²) < 4.78 is 7.72. The molecule has 3 aromatic rings. The van der Waals surface area contributed by atoms with Gasteiger partial charge in [-0.15, -0.1) is 0 Å². The fraction of sp³-hybridized carbons (Fsp3) is 0.273. The molecule has 0 saturated heterocycles. The number of hydrogen-bond acceptors (Lipinski definition) is 5. The summed E-state index contributed by atoms with van der Waals surface area (Å²) in [5.74, 6) is 1.11. The molecule has 31 heavy (non-hydrogen) atoms. The Morgan fingerprint density at radius 3 is 2.58 bits per heavy atom. The number of H-pyrrole nitrogens is 1. The summed E-state index contributed by atoms with van der Waals surface area (Å²) in [6, 6.07) is 12.9. The number of amides is 2. The SMILES string of the molecule is CCOc1ccc(-c2n[nH]c(=S)n2CCC(=O)Nc2cc(NC(C)=O)ccc2C)cc1. The Labute approximate surface area is 185 Å². The maximum Gasteiger partial charge on any atom is 0.226 e. The first-order valence-corrected chi connectivity index (χ1v) is 10.3. The fourth-order valence-electron chi connectivity index (χ4n) is 3.08. The Kier molecular flexibility index (Phi) is 7.19. The lowest BCUT2D eigenvalue weighted by Crippen LogP contribution is -2.16. The molecule has 0 saturated carbocycles. The molecule has 9 heteroatoms. The van der Waals surface area contributed by atoms with Gasteiger partial charge in [0.05, 0.1) is 6.61 Å². The van der Waals surface area contributed by atoms with Crippen LogP contribution in [0.25, 0.3) is 11.4 Å². The van der Waals surface area contributed by atoms with Crippen molar-refractivity contribution in [2.45, 2.75) is 33.7 Å². The number of hydrogen-bond donors (Lipinski definition) is 3. The van der Waals surface area contributed by atoms with Crippen molar-refractivity contribution in [3.8, 4) is 17.1 Å². The maximum absolute atomic E-state index is 12.6. The predicted octanol–water partition coefficient (Wildman–Crippen LogP) is 4.30. The van der Waals surface area contributed by atoms with Gasteiger partial charge in [0.15, 0.2) is 10.6 Å². The van der Waals surface area contributed by atoms with E-state index in [1.54, 1.807) is 16.7 Å². The van der Waals surface area contributed by atoms with Gasteiger partial charge < -0.3 is 15.4 Å². The summed E-state index contributed by atoms with van der Waals surface area (Å²) in [4.78, 5) is 23.8. The van der Waals surface area contributed by atoms with Crippen LogP contribution >= 0.6 is 12.2 Å². The Balaban J connectivity index is 1.69. The van der Waals surface area contributed by atoms with Gasteiger partial charge in [-0.3, -0.25) is 19.3 Å². The molecule has 0 aliphatic heterocycles. The molecule has 162 valence electrons. The number of benzene rings is 2. The van der Waals surface area contributed by atoms with Crippen molar-refractivity contribution in [1.82, 2.24) is 14.8 Å². The molecule has 2 amide bonds. The highest BCUT2D eigenvalue weighted by atomic mass is 32.1. The van der Waals surface area contributed by atoms with Crippen LogP contribution in [0.1, 0.15) is 25.8 Å². The van der Waals surface area contributed by atoms with Gasteiger partial charge in [-0.25, -0.2) is 0 Å². The molecule has 0 aliphatic rings. The molecular formula is C22H25N5O3S. The standard InChI is InChI=1S/C22H25N5O3S/c1-4-30-18-9-6-16(7-10-18)21-25-26-22(31)27(21)12-11-20(29)24-19-13-17(23-15(3)28)8-5-14(19)2/h5-10,13H,4,11-12H2,1-3H3,(H,23,28)(H,24,29)(H,26,31). The Morgan fingerprint density at radius 2 is 1.90 bits per heavy atom. The number of rotatable bonds is 8. The molecule has 0 radical (unpaired) electrons. The first-order valence-electron chi connectivity index (χ1n) is 9.94. The molecule has 0 bridgehead atoms. The van der Waals surface area contributed by atoms with Crippen molar-refractivity contribution < 1.29 is 14.3 Å². The molecule has 3 N–H and O–H groups in total. The summed E-state index contributed by atoms with van der Waals surface area (Å²) in [6.45, 7) is 6.23. The van der Waals surface area contributed by atoms with Crippen LogP contribution in [0.15, 0.2) is 42.5 Å². The van der Waals surface area contributed by atoms with Crippen LogP contribution in [0.2, 0.25) is 0 Å². The van der Waals surface area contributed by atoms with Gasteiger partial charge in [0, 0.05) is 36.8 Å². The number of ether oxygens (including phenoxy) is 1. The second-order valence-electron chi connectivity index (χ2n) is 6.97. The van der Waals surface area contributed by atoms with Crippen LogP contribution in [0.3, 0.4) is 0 Å². The molecule has 1 aromatic heterocycles. The maximum atomic E-state index is 12.6. The second-order valence-corrected chi connectivity index (χ2v) is 7.36. The van der Waals surface area contributed by atoms with Gasteiger partial charge in [0.2, 0.25) is 11.8 Å². The average molecular weight is 440 g/mol. The normalized spacial score (nSPS) is 10.5. The van der Waals surface area contributed by atoms with E-state index >= 15 is 0 Å². The lowest BCUT2D eigenvalue weighted by molar-refractivity contribution is -0.116. The molecule has 0 spiro atoms. The van der Waals surface area contributed by atoms with Crippen molar-refractivity contribution in [2.24, 2.45) is 0 Å². The number of nitrogens with zero attached hydrogens (tertiary/aromatic N) is 2. The molecule has 0 fully saturated rings. The molecule has 8 nitrogen and oxygen atoms in total. The van der Waals surface area contributed by atoms with Crippen molar-refractivity contribution in [2.75, 3.05) is 17.2 Å².